The average molecular weight is 400 g/mol. The molecule has 0 radical (unpaired) electrons. The van der Waals surface area contributed by atoms with Crippen LogP contribution in [0.2, 0.25) is 0 Å². The van der Waals surface area contributed by atoms with Gasteiger partial charge in [0.2, 0.25) is 0 Å². The Balaban J connectivity index is 1.86. The largest absolute Gasteiger partial charge is 0.481 e. The molecule has 154 valence electrons. The third kappa shape index (κ3) is 4.24. The van der Waals surface area contributed by atoms with E-state index in [1.807, 2.05) is 31.1 Å². The number of carbonyl (C=O) groups excluding carboxylic acids is 1. The number of rotatable bonds is 5. The van der Waals surface area contributed by atoms with Gasteiger partial charge in [-0.15, -0.1) is 0 Å². The number of carboxylic acids is 1. The van der Waals surface area contributed by atoms with Gasteiger partial charge in [0.05, 0.1) is 6.10 Å². The highest BCUT2D eigenvalue weighted by Crippen LogP contribution is 2.35. The second-order valence-electron chi connectivity index (χ2n) is 7.74. The van der Waals surface area contributed by atoms with Crippen molar-refractivity contribution < 1.29 is 24.2 Å². The molecule has 29 heavy (non-hydrogen) atoms. The Bertz CT molecular complexity index is 900. The molecule has 1 heterocycles. The minimum absolute atomic E-state index is 0.0649. The molecule has 3 rings (SSSR count). The second-order valence-corrected chi connectivity index (χ2v) is 7.74. The predicted molar refractivity (Wildman–Crippen MR) is 107 cm³/mol. The highest BCUT2D eigenvalue weighted by molar-refractivity contribution is 5.95. The van der Waals surface area contributed by atoms with Crippen LogP contribution in [0, 0.1) is 11.2 Å². The van der Waals surface area contributed by atoms with Crippen molar-refractivity contribution in [1.82, 2.24) is 4.90 Å². The highest BCUT2D eigenvalue weighted by atomic mass is 19.1. The van der Waals surface area contributed by atoms with Crippen LogP contribution in [0.25, 0.3) is 0 Å². The monoisotopic (exact) mass is 400 g/mol. The smallest absolute Gasteiger partial charge is 0.314 e. The van der Waals surface area contributed by atoms with Crippen molar-refractivity contribution in [2.75, 3.05) is 32.1 Å². The van der Waals surface area contributed by atoms with E-state index in [1.54, 1.807) is 18.2 Å². The fourth-order valence-electron chi connectivity index (χ4n) is 3.81. The van der Waals surface area contributed by atoms with Crippen molar-refractivity contribution in [3.05, 3.63) is 65.5 Å². The number of piperidine rings is 1. The molecule has 0 saturated carbocycles. The normalized spacial score (nSPS) is 21.7. The Hall–Kier alpha value is -2.93. The van der Waals surface area contributed by atoms with E-state index in [2.05, 4.69) is 0 Å². The molecule has 1 aliphatic heterocycles. The summed E-state index contributed by atoms with van der Waals surface area (Å²) in [5, 5.41) is 20.5. The molecular formula is C22H25FN2O4. The maximum absolute atomic E-state index is 13.6. The van der Waals surface area contributed by atoms with Gasteiger partial charge < -0.3 is 20.0 Å². The molecule has 1 amide bonds. The van der Waals surface area contributed by atoms with E-state index in [0.717, 1.165) is 5.69 Å². The summed E-state index contributed by atoms with van der Waals surface area (Å²) >= 11 is 0. The van der Waals surface area contributed by atoms with Crippen LogP contribution < -0.4 is 4.90 Å². The van der Waals surface area contributed by atoms with Crippen LogP contribution in [0.5, 0.6) is 0 Å². The zero-order chi connectivity index (χ0) is 21.2. The summed E-state index contributed by atoms with van der Waals surface area (Å²) in [6.45, 7) is 0.113. The van der Waals surface area contributed by atoms with Crippen LogP contribution in [0.15, 0.2) is 48.5 Å². The summed E-state index contributed by atoms with van der Waals surface area (Å²) in [5.41, 5.74) is 0.278. The number of halogens is 1. The second kappa shape index (κ2) is 8.21. The summed E-state index contributed by atoms with van der Waals surface area (Å²) in [6, 6.07) is 12.7. The number of amides is 1. The molecule has 1 aliphatic rings. The number of likely N-dealkylation sites (tertiary alicyclic amines) is 1. The minimum atomic E-state index is -1.59. The maximum atomic E-state index is 13.6. The van der Waals surface area contributed by atoms with Gasteiger partial charge in [0, 0.05) is 38.4 Å². The van der Waals surface area contributed by atoms with Crippen LogP contribution in [-0.2, 0) is 11.2 Å². The van der Waals surface area contributed by atoms with Gasteiger partial charge in [-0.25, -0.2) is 4.39 Å². The number of aliphatic hydroxyl groups excluding tert-OH is 1. The SMILES string of the molecule is CN(C)c1ccc(C(=O)N2CC[C@@H](O)[C@](Cc3cccc(F)c3)(C(=O)O)C2)cc1. The number of benzene rings is 2. The van der Waals surface area contributed by atoms with Crippen LogP contribution in [0.1, 0.15) is 22.3 Å². The molecule has 0 aromatic heterocycles. The number of aliphatic carboxylic acids is 1. The zero-order valence-electron chi connectivity index (χ0n) is 16.5. The van der Waals surface area contributed by atoms with E-state index in [1.165, 1.54) is 23.1 Å². The van der Waals surface area contributed by atoms with E-state index < -0.39 is 23.3 Å². The van der Waals surface area contributed by atoms with Gasteiger partial charge in [-0.2, -0.15) is 0 Å². The number of carboxylic acid groups (broad SMARTS) is 1. The predicted octanol–water partition coefficient (Wildman–Crippen LogP) is 2.41. The molecule has 2 aromatic rings. The number of hydrogen-bond acceptors (Lipinski definition) is 4. The molecule has 1 fully saturated rings. The van der Waals surface area contributed by atoms with E-state index in [4.69, 9.17) is 0 Å². The quantitative estimate of drug-likeness (QED) is 0.806. The van der Waals surface area contributed by atoms with Gasteiger partial charge in [0.1, 0.15) is 11.2 Å². The molecule has 0 bridgehead atoms. The lowest BCUT2D eigenvalue weighted by atomic mass is 9.72. The van der Waals surface area contributed by atoms with Crippen LogP contribution in [-0.4, -0.2) is 60.3 Å². The van der Waals surface area contributed by atoms with E-state index in [-0.39, 0.29) is 31.8 Å². The first-order valence-electron chi connectivity index (χ1n) is 9.45. The van der Waals surface area contributed by atoms with Crippen LogP contribution >= 0.6 is 0 Å². The fraction of sp³-hybridized carbons (Fsp3) is 0.364. The Morgan fingerprint density at radius 3 is 2.48 bits per heavy atom. The number of hydrogen-bond donors (Lipinski definition) is 2. The zero-order valence-corrected chi connectivity index (χ0v) is 16.5. The highest BCUT2D eigenvalue weighted by Gasteiger charge is 2.50. The average Bonchev–Trinajstić information content (AvgIpc) is 2.69. The first kappa shape index (κ1) is 20.8. The lowest BCUT2D eigenvalue weighted by Crippen LogP contribution is -2.58. The molecule has 0 spiro atoms. The van der Waals surface area contributed by atoms with Gasteiger partial charge in [-0.3, -0.25) is 9.59 Å². The Labute approximate surface area is 169 Å². The summed E-state index contributed by atoms with van der Waals surface area (Å²) in [7, 11) is 3.80. The van der Waals surface area contributed by atoms with Crippen molar-refractivity contribution in [3.8, 4) is 0 Å². The molecule has 0 aliphatic carbocycles. The number of aliphatic hydroxyl groups is 1. The van der Waals surface area contributed by atoms with Crippen molar-refractivity contribution in [1.29, 1.82) is 0 Å². The molecule has 1 saturated heterocycles. The number of nitrogens with zero attached hydrogens (tertiary/aromatic N) is 2. The third-order valence-electron chi connectivity index (χ3n) is 5.54. The first-order chi connectivity index (χ1) is 13.7. The first-order valence-corrected chi connectivity index (χ1v) is 9.45. The topological polar surface area (TPSA) is 81.1 Å². The molecule has 6 nitrogen and oxygen atoms in total. The summed E-state index contributed by atoms with van der Waals surface area (Å²) in [5.74, 6) is -1.95. The van der Waals surface area contributed by atoms with Gasteiger partial charge in [0.25, 0.3) is 5.91 Å². The summed E-state index contributed by atoms with van der Waals surface area (Å²) < 4.78 is 13.6. The van der Waals surface area contributed by atoms with Gasteiger partial charge in [-0.1, -0.05) is 12.1 Å². The molecule has 2 atom stereocenters. The van der Waals surface area contributed by atoms with E-state index in [9.17, 15) is 24.2 Å². The van der Waals surface area contributed by atoms with Crippen molar-refractivity contribution in [3.63, 3.8) is 0 Å². The molecule has 2 aromatic carbocycles. The molecule has 0 unspecified atom stereocenters. The Morgan fingerprint density at radius 1 is 1.21 bits per heavy atom. The number of carbonyl (C=O) groups is 2. The van der Waals surface area contributed by atoms with Gasteiger partial charge >= 0.3 is 5.97 Å². The summed E-state index contributed by atoms with van der Waals surface area (Å²) in [6.07, 6.45) is -1.06. The molecular weight excluding hydrogens is 375 g/mol. The maximum Gasteiger partial charge on any atom is 0.314 e. The van der Waals surface area contributed by atoms with Gasteiger partial charge in [-0.05, 0) is 54.8 Å². The lowest BCUT2D eigenvalue weighted by molar-refractivity contribution is -0.161. The van der Waals surface area contributed by atoms with Crippen molar-refractivity contribution in [2.45, 2.75) is 18.9 Å². The van der Waals surface area contributed by atoms with Crippen LogP contribution in [0.4, 0.5) is 10.1 Å². The standard InChI is InChI=1S/C22H25FN2O4/c1-24(2)18-8-6-16(7-9-18)20(27)25-11-10-19(26)22(14-25,21(28)29)13-15-4-3-5-17(23)12-15/h3-9,12,19,26H,10-11,13-14H2,1-2H3,(H,28,29)/t19-,22-/m1/s1. The van der Waals surface area contributed by atoms with Crippen molar-refractivity contribution in [2.24, 2.45) is 5.41 Å². The van der Waals surface area contributed by atoms with E-state index >= 15 is 0 Å². The number of anilines is 1. The molecule has 7 heteroatoms. The Kier molecular flexibility index (Phi) is 5.88. The van der Waals surface area contributed by atoms with E-state index in [0.29, 0.717) is 11.1 Å². The lowest BCUT2D eigenvalue weighted by Gasteiger charge is -2.43. The fourth-order valence-corrected chi connectivity index (χ4v) is 3.81. The molecule has 2 N–H and O–H groups in total. The summed E-state index contributed by atoms with van der Waals surface area (Å²) in [4.78, 5) is 28.6. The third-order valence-corrected chi connectivity index (χ3v) is 5.54. The van der Waals surface area contributed by atoms with Gasteiger partial charge in [0.15, 0.2) is 0 Å². The van der Waals surface area contributed by atoms with Crippen LogP contribution in [0.3, 0.4) is 0 Å². The Morgan fingerprint density at radius 2 is 1.90 bits per heavy atom. The van der Waals surface area contributed by atoms with Crippen molar-refractivity contribution >= 4 is 17.6 Å². The minimum Gasteiger partial charge on any atom is -0.481 e.